The third kappa shape index (κ3) is 3.03. The van der Waals surface area contributed by atoms with Crippen molar-refractivity contribution in [2.75, 3.05) is 0 Å². The molecule has 0 amide bonds. The summed E-state index contributed by atoms with van der Waals surface area (Å²) in [4.78, 5) is 12.4. The average Bonchev–Trinajstić information content (AvgIpc) is 2.62. The van der Waals surface area contributed by atoms with Crippen molar-refractivity contribution in [2.24, 2.45) is 0 Å². The SMILES string of the molecule is Cc1ccc(C)c(COc2cc(C)cc3oc(=O)c4c(c23)CCCC4)c1. The van der Waals surface area contributed by atoms with Crippen molar-refractivity contribution < 1.29 is 9.15 Å². The zero-order chi connectivity index (χ0) is 18.3. The third-order valence-electron chi connectivity index (χ3n) is 5.32. The molecule has 1 aliphatic rings. The van der Waals surface area contributed by atoms with Crippen LogP contribution in [0.5, 0.6) is 5.75 Å². The van der Waals surface area contributed by atoms with Crippen molar-refractivity contribution in [3.63, 3.8) is 0 Å². The maximum absolute atomic E-state index is 12.4. The van der Waals surface area contributed by atoms with Gasteiger partial charge in [-0.05, 0) is 80.8 Å². The number of hydrogen-bond donors (Lipinski definition) is 0. The van der Waals surface area contributed by atoms with Gasteiger partial charge in [0.1, 0.15) is 17.9 Å². The highest BCUT2D eigenvalue weighted by molar-refractivity contribution is 5.88. The fraction of sp³-hybridized carbons (Fsp3) is 0.348. The molecule has 0 bridgehead atoms. The molecule has 0 aliphatic heterocycles. The van der Waals surface area contributed by atoms with E-state index in [1.807, 2.05) is 13.0 Å². The second-order valence-corrected chi connectivity index (χ2v) is 7.41. The quantitative estimate of drug-likeness (QED) is 0.613. The molecule has 26 heavy (non-hydrogen) atoms. The van der Waals surface area contributed by atoms with Crippen LogP contribution in [0.3, 0.4) is 0 Å². The monoisotopic (exact) mass is 348 g/mol. The van der Waals surface area contributed by atoms with Gasteiger partial charge in [-0.2, -0.15) is 0 Å². The summed E-state index contributed by atoms with van der Waals surface area (Å²) >= 11 is 0. The molecule has 0 spiro atoms. The molecule has 0 saturated carbocycles. The van der Waals surface area contributed by atoms with Crippen LogP contribution in [-0.4, -0.2) is 0 Å². The van der Waals surface area contributed by atoms with Crippen LogP contribution in [0, 0.1) is 20.8 Å². The van der Waals surface area contributed by atoms with E-state index in [2.05, 4.69) is 38.1 Å². The van der Waals surface area contributed by atoms with Gasteiger partial charge in [0.2, 0.25) is 0 Å². The Morgan fingerprint density at radius 2 is 1.73 bits per heavy atom. The zero-order valence-electron chi connectivity index (χ0n) is 15.6. The van der Waals surface area contributed by atoms with Crippen molar-refractivity contribution in [2.45, 2.75) is 53.1 Å². The predicted molar refractivity (Wildman–Crippen MR) is 104 cm³/mol. The Morgan fingerprint density at radius 3 is 2.54 bits per heavy atom. The van der Waals surface area contributed by atoms with Crippen molar-refractivity contribution >= 4 is 11.0 Å². The molecular formula is C23H24O3. The van der Waals surface area contributed by atoms with Crippen LogP contribution in [0.2, 0.25) is 0 Å². The molecule has 1 heterocycles. The Labute approximate surface area is 153 Å². The van der Waals surface area contributed by atoms with Gasteiger partial charge in [-0.1, -0.05) is 23.8 Å². The lowest BCUT2D eigenvalue weighted by atomic mass is 9.90. The summed E-state index contributed by atoms with van der Waals surface area (Å²) in [6, 6.07) is 10.4. The number of ether oxygens (including phenoxy) is 1. The van der Waals surface area contributed by atoms with Crippen LogP contribution in [0.1, 0.15) is 46.2 Å². The van der Waals surface area contributed by atoms with Crippen molar-refractivity contribution in [3.8, 4) is 5.75 Å². The average molecular weight is 348 g/mol. The van der Waals surface area contributed by atoms with Crippen molar-refractivity contribution in [1.29, 1.82) is 0 Å². The Hall–Kier alpha value is -2.55. The summed E-state index contributed by atoms with van der Waals surface area (Å²) in [6.45, 7) is 6.72. The first kappa shape index (κ1) is 16.9. The van der Waals surface area contributed by atoms with Gasteiger partial charge in [0.05, 0.1) is 5.39 Å². The molecule has 1 aromatic heterocycles. The first-order valence-electron chi connectivity index (χ1n) is 9.31. The fourth-order valence-corrected chi connectivity index (χ4v) is 3.89. The summed E-state index contributed by atoms with van der Waals surface area (Å²) in [7, 11) is 0. The van der Waals surface area contributed by atoms with Gasteiger partial charge < -0.3 is 9.15 Å². The van der Waals surface area contributed by atoms with Crippen LogP contribution >= 0.6 is 0 Å². The van der Waals surface area contributed by atoms with E-state index in [0.29, 0.717) is 12.2 Å². The summed E-state index contributed by atoms with van der Waals surface area (Å²) < 4.78 is 11.9. The summed E-state index contributed by atoms with van der Waals surface area (Å²) in [5, 5.41) is 0.982. The minimum Gasteiger partial charge on any atom is -0.488 e. The maximum atomic E-state index is 12.4. The van der Waals surface area contributed by atoms with Crippen LogP contribution in [-0.2, 0) is 19.4 Å². The highest BCUT2D eigenvalue weighted by Crippen LogP contribution is 2.35. The number of fused-ring (bicyclic) bond motifs is 3. The fourth-order valence-electron chi connectivity index (χ4n) is 3.89. The molecule has 4 rings (SSSR count). The smallest absolute Gasteiger partial charge is 0.339 e. The number of benzene rings is 2. The van der Waals surface area contributed by atoms with E-state index in [-0.39, 0.29) is 5.63 Å². The third-order valence-corrected chi connectivity index (χ3v) is 5.32. The molecule has 0 fully saturated rings. The van der Waals surface area contributed by atoms with E-state index < -0.39 is 0 Å². The van der Waals surface area contributed by atoms with Crippen LogP contribution < -0.4 is 10.4 Å². The van der Waals surface area contributed by atoms with Crippen LogP contribution in [0.4, 0.5) is 0 Å². The van der Waals surface area contributed by atoms with Gasteiger partial charge in [-0.3, -0.25) is 0 Å². The van der Waals surface area contributed by atoms with Gasteiger partial charge in [-0.15, -0.1) is 0 Å². The molecule has 1 aliphatic carbocycles. The van der Waals surface area contributed by atoms with Gasteiger partial charge in [-0.25, -0.2) is 4.79 Å². The van der Waals surface area contributed by atoms with E-state index in [1.54, 1.807) is 0 Å². The lowest BCUT2D eigenvalue weighted by Crippen LogP contribution is -2.16. The molecule has 3 heteroatoms. The first-order chi connectivity index (χ1) is 12.5. The summed E-state index contributed by atoms with van der Waals surface area (Å²) in [5.74, 6) is 0.822. The highest BCUT2D eigenvalue weighted by Gasteiger charge is 2.21. The molecule has 2 aromatic carbocycles. The topological polar surface area (TPSA) is 39.4 Å². The van der Waals surface area contributed by atoms with E-state index in [0.717, 1.165) is 53.5 Å². The molecule has 3 nitrogen and oxygen atoms in total. The lowest BCUT2D eigenvalue weighted by molar-refractivity contribution is 0.308. The number of aryl methyl sites for hydroxylation is 4. The van der Waals surface area contributed by atoms with Gasteiger partial charge in [0.25, 0.3) is 0 Å². The highest BCUT2D eigenvalue weighted by atomic mass is 16.5. The molecule has 134 valence electrons. The van der Waals surface area contributed by atoms with Crippen molar-refractivity contribution in [1.82, 2.24) is 0 Å². The minimum atomic E-state index is -0.182. The van der Waals surface area contributed by atoms with E-state index >= 15 is 0 Å². The van der Waals surface area contributed by atoms with E-state index in [9.17, 15) is 4.79 Å². The molecule has 0 N–H and O–H groups in total. The zero-order valence-corrected chi connectivity index (χ0v) is 15.6. The normalized spacial score (nSPS) is 13.7. The summed E-state index contributed by atoms with van der Waals surface area (Å²) in [5.41, 5.74) is 7.10. The Morgan fingerprint density at radius 1 is 0.962 bits per heavy atom. The molecular weight excluding hydrogens is 324 g/mol. The van der Waals surface area contributed by atoms with Crippen LogP contribution in [0.25, 0.3) is 11.0 Å². The second kappa shape index (κ2) is 6.64. The Balaban J connectivity index is 1.81. The van der Waals surface area contributed by atoms with E-state index in [1.165, 1.54) is 16.7 Å². The van der Waals surface area contributed by atoms with Gasteiger partial charge in [0.15, 0.2) is 0 Å². The number of hydrogen-bond acceptors (Lipinski definition) is 3. The summed E-state index contributed by atoms with van der Waals surface area (Å²) in [6.07, 6.45) is 3.88. The first-order valence-corrected chi connectivity index (χ1v) is 9.31. The lowest BCUT2D eigenvalue weighted by Gasteiger charge is -2.19. The van der Waals surface area contributed by atoms with E-state index in [4.69, 9.17) is 9.15 Å². The predicted octanol–water partition coefficient (Wildman–Crippen LogP) is 5.18. The standard InChI is InChI=1S/C23H24O3/c1-14-8-9-16(3)17(10-14)13-25-20-11-15(2)12-21-22(20)18-6-4-5-7-19(18)23(24)26-21/h8-12H,4-7,13H2,1-3H3. The minimum absolute atomic E-state index is 0.182. The molecule has 0 radical (unpaired) electrons. The van der Waals surface area contributed by atoms with Gasteiger partial charge in [0, 0.05) is 5.56 Å². The van der Waals surface area contributed by atoms with Crippen LogP contribution in [0.15, 0.2) is 39.5 Å². The largest absolute Gasteiger partial charge is 0.488 e. The second-order valence-electron chi connectivity index (χ2n) is 7.41. The molecule has 3 aromatic rings. The Bertz CT molecular complexity index is 1040. The molecule has 0 unspecified atom stereocenters. The van der Waals surface area contributed by atoms with Crippen molar-refractivity contribution in [3.05, 3.63) is 74.1 Å². The maximum Gasteiger partial charge on any atom is 0.339 e. The van der Waals surface area contributed by atoms with Gasteiger partial charge >= 0.3 is 5.63 Å². The molecule has 0 atom stereocenters. The number of rotatable bonds is 3. The Kier molecular flexibility index (Phi) is 4.31. The molecule has 0 saturated heterocycles.